The number of rotatable bonds is 6. The molecule has 0 atom stereocenters. The fraction of sp³-hybridized carbons (Fsp3) is 0.538. The lowest BCUT2D eigenvalue weighted by Crippen LogP contribution is -2.14. The Kier molecular flexibility index (Phi) is 5.96. The van der Waals surface area contributed by atoms with Gasteiger partial charge in [0.1, 0.15) is 0 Å². The van der Waals surface area contributed by atoms with Crippen molar-refractivity contribution in [2.75, 3.05) is 6.54 Å². The second kappa shape index (κ2) is 7.02. The number of benzene rings is 1. The zero-order valence-electron chi connectivity index (χ0n) is 9.65. The van der Waals surface area contributed by atoms with E-state index in [4.69, 9.17) is 0 Å². The molecule has 0 aliphatic rings. The number of nitrogens with one attached hydrogen (secondary N) is 1. The first kappa shape index (κ1) is 12.7. The lowest BCUT2D eigenvalue weighted by molar-refractivity contribution is 0.616. The predicted molar refractivity (Wildman–Crippen MR) is 70.1 cm³/mol. The molecule has 1 aromatic carbocycles. The second-order valence-electron chi connectivity index (χ2n) is 3.98. The molecule has 0 bridgehead atoms. The summed E-state index contributed by atoms with van der Waals surface area (Å²) in [6, 6.07) is 6.52. The van der Waals surface area contributed by atoms with E-state index in [1.807, 2.05) is 0 Å². The van der Waals surface area contributed by atoms with Gasteiger partial charge in [0.15, 0.2) is 0 Å². The van der Waals surface area contributed by atoms with Gasteiger partial charge in [-0.1, -0.05) is 47.8 Å². The largest absolute Gasteiger partial charge is 0.313 e. The molecule has 2 heteroatoms. The zero-order valence-corrected chi connectivity index (χ0v) is 11.2. The molecule has 0 aromatic heterocycles. The highest BCUT2D eigenvalue weighted by molar-refractivity contribution is 9.10. The van der Waals surface area contributed by atoms with Gasteiger partial charge in [-0.2, -0.15) is 0 Å². The fourth-order valence-electron chi connectivity index (χ4n) is 1.52. The molecule has 0 fully saturated rings. The van der Waals surface area contributed by atoms with Crippen LogP contribution in [0.4, 0.5) is 0 Å². The Labute approximate surface area is 101 Å². The van der Waals surface area contributed by atoms with Crippen LogP contribution in [-0.2, 0) is 6.54 Å². The first-order valence-electron chi connectivity index (χ1n) is 5.69. The van der Waals surface area contributed by atoms with Crippen LogP contribution in [0.1, 0.15) is 37.3 Å². The van der Waals surface area contributed by atoms with Gasteiger partial charge < -0.3 is 5.32 Å². The third-order valence-corrected chi connectivity index (χ3v) is 3.22. The van der Waals surface area contributed by atoms with E-state index in [-0.39, 0.29) is 0 Å². The molecule has 1 rings (SSSR count). The normalized spacial score (nSPS) is 10.6. The summed E-state index contributed by atoms with van der Waals surface area (Å²) in [7, 11) is 0. The molecule has 0 saturated carbocycles. The quantitative estimate of drug-likeness (QED) is 0.769. The number of hydrogen-bond donors (Lipinski definition) is 1. The minimum atomic E-state index is 0.963. The van der Waals surface area contributed by atoms with Crippen molar-refractivity contribution in [2.24, 2.45) is 0 Å². The first-order chi connectivity index (χ1) is 7.24. The minimum Gasteiger partial charge on any atom is -0.313 e. The van der Waals surface area contributed by atoms with Gasteiger partial charge in [0, 0.05) is 11.0 Å². The van der Waals surface area contributed by atoms with E-state index in [2.05, 4.69) is 53.3 Å². The SMILES string of the molecule is CCCCCNCc1ccc(C)cc1Br. The summed E-state index contributed by atoms with van der Waals surface area (Å²) < 4.78 is 1.21. The van der Waals surface area contributed by atoms with E-state index in [0.717, 1.165) is 13.1 Å². The van der Waals surface area contributed by atoms with Crippen LogP contribution in [0.25, 0.3) is 0 Å². The van der Waals surface area contributed by atoms with Crippen LogP contribution in [0.15, 0.2) is 22.7 Å². The van der Waals surface area contributed by atoms with Gasteiger partial charge in [-0.15, -0.1) is 0 Å². The van der Waals surface area contributed by atoms with Crippen molar-refractivity contribution in [2.45, 2.75) is 39.7 Å². The molecular formula is C13H20BrN. The third kappa shape index (κ3) is 4.80. The molecule has 0 aliphatic carbocycles. The maximum Gasteiger partial charge on any atom is 0.0222 e. The van der Waals surface area contributed by atoms with E-state index < -0.39 is 0 Å². The van der Waals surface area contributed by atoms with Crippen LogP contribution in [0.3, 0.4) is 0 Å². The summed E-state index contributed by atoms with van der Waals surface area (Å²) in [6.45, 7) is 6.43. The minimum absolute atomic E-state index is 0.963. The standard InChI is InChI=1S/C13H20BrN/c1-3-4-5-8-15-10-12-7-6-11(2)9-13(12)14/h6-7,9,15H,3-5,8,10H2,1-2H3. The van der Waals surface area contributed by atoms with Crippen LogP contribution >= 0.6 is 15.9 Å². The average Bonchev–Trinajstić information content (AvgIpc) is 2.20. The molecule has 0 aliphatic heterocycles. The van der Waals surface area contributed by atoms with Gasteiger partial charge in [0.05, 0.1) is 0 Å². The lowest BCUT2D eigenvalue weighted by atomic mass is 10.1. The van der Waals surface area contributed by atoms with Gasteiger partial charge in [-0.25, -0.2) is 0 Å². The monoisotopic (exact) mass is 269 g/mol. The van der Waals surface area contributed by atoms with Crippen molar-refractivity contribution in [3.63, 3.8) is 0 Å². The van der Waals surface area contributed by atoms with Crippen LogP contribution in [-0.4, -0.2) is 6.54 Å². The van der Waals surface area contributed by atoms with Crippen molar-refractivity contribution in [3.05, 3.63) is 33.8 Å². The zero-order chi connectivity index (χ0) is 11.1. The summed E-state index contributed by atoms with van der Waals surface area (Å²) >= 11 is 3.59. The number of halogens is 1. The smallest absolute Gasteiger partial charge is 0.0222 e. The number of hydrogen-bond acceptors (Lipinski definition) is 1. The molecule has 15 heavy (non-hydrogen) atoms. The molecule has 0 saturated heterocycles. The van der Waals surface area contributed by atoms with Gasteiger partial charge in [0.2, 0.25) is 0 Å². The third-order valence-electron chi connectivity index (χ3n) is 2.48. The molecule has 1 N–H and O–H groups in total. The van der Waals surface area contributed by atoms with Gasteiger partial charge >= 0.3 is 0 Å². The average molecular weight is 270 g/mol. The summed E-state index contributed by atoms with van der Waals surface area (Å²) in [5.41, 5.74) is 2.65. The summed E-state index contributed by atoms with van der Waals surface area (Å²) in [5, 5.41) is 3.47. The molecule has 1 aromatic rings. The molecule has 0 spiro atoms. The van der Waals surface area contributed by atoms with E-state index >= 15 is 0 Å². The topological polar surface area (TPSA) is 12.0 Å². The number of unbranched alkanes of at least 4 members (excludes halogenated alkanes) is 2. The molecular weight excluding hydrogens is 250 g/mol. The number of aryl methyl sites for hydroxylation is 1. The Bertz CT molecular complexity index is 297. The predicted octanol–water partition coefficient (Wildman–Crippen LogP) is 4.04. The fourth-order valence-corrected chi connectivity index (χ4v) is 2.15. The first-order valence-corrected chi connectivity index (χ1v) is 6.49. The molecule has 0 heterocycles. The summed E-state index contributed by atoms with van der Waals surface area (Å²) in [4.78, 5) is 0. The van der Waals surface area contributed by atoms with Gasteiger partial charge in [-0.3, -0.25) is 0 Å². The second-order valence-corrected chi connectivity index (χ2v) is 4.83. The van der Waals surface area contributed by atoms with E-state index in [9.17, 15) is 0 Å². The van der Waals surface area contributed by atoms with E-state index in [1.165, 1.54) is 34.9 Å². The molecule has 0 unspecified atom stereocenters. The lowest BCUT2D eigenvalue weighted by Gasteiger charge is -2.07. The Morgan fingerprint density at radius 3 is 2.73 bits per heavy atom. The van der Waals surface area contributed by atoms with Gasteiger partial charge in [-0.05, 0) is 37.1 Å². The highest BCUT2D eigenvalue weighted by Crippen LogP contribution is 2.17. The maximum atomic E-state index is 3.59. The van der Waals surface area contributed by atoms with Crippen LogP contribution in [0.5, 0.6) is 0 Å². The van der Waals surface area contributed by atoms with Crippen molar-refractivity contribution < 1.29 is 0 Å². The van der Waals surface area contributed by atoms with Crippen molar-refractivity contribution in [1.82, 2.24) is 5.32 Å². The van der Waals surface area contributed by atoms with E-state index in [1.54, 1.807) is 0 Å². The van der Waals surface area contributed by atoms with Crippen LogP contribution in [0, 0.1) is 6.92 Å². The van der Waals surface area contributed by atoms with Crippen molar-refractivity contribution in [1.29, 1.82) is 0 Å². The van der Waals surface area contributed by atoms with Crippen LogP contribution in [0.2, 0.25) is 0 Å². The van der Waals surface area contributed by atoms with Gasteiger partial charge in [0.25, 0.3) is 0 Å². The van der Waals surface area contributed by atoms with E-state index in [0.29, 0.717) is 0 Å². The van der Waals surface area contributed by atoms with Crippen molar-refractivity contribution >= 4 is 15.9 Å². The van der Waals surface area contributed by atoms with Crippen molar-refractivity contribution in [3.8, 4) is 0 Å². The molecule has 1 nitrogen and oxygen atoms in total. The molecule has 0 radical (unpaired) electrons. The highest BCUT2D eigenvalue weighted by atomic mass is 79.9. The Morgan fingerprint density at radius 1 is 1.27 bits per heavy atom. The highest BCUT2D eigenvalue weighted by Gasteiger charge is 1.98. The Hall–Kier alpha value is -0.340. The Balaban J connectivity index is 2.31. The Morgan fingerprint density at radius 2 is 2.07 bits per heavy atom. The summed E-state index contributed by atoms with van der Waals surface area (Å²) in [5.74, 6) is 0. The van der Waals surface area contributed by atoms with Crippen LogP contribution < -0.4 is 5.32 Å². The molecule has 84 valence electrons. The molecule has 0 amide bonds. The maximum absolute atomic E-state index is 3.59. The summed E-state index contributed by atoms with van der Waals surface area (Å²) in [6.07, 6.45) is 3.89.